The molecule has 12 heteroatoms. The van der Waals surface area contributed by atoms with Gasteiger partial charge in [0.15, 0.2) is 0 Å². The quantitative estimate of drug-likeness (QED) is 0.251. The van der Waals surface area contributed by atoms with Crippen molar-refractivity contribution in [2.24, 2.45) is 0 Å². The first kappa shape index (κ1) is 25.7. The monoisotopic (exact) mass is 528 g/mol. The van der Waals surface area contributed by atoms with Gasteiger partial charge in [0.05, 0.1) is 47.2 Å². The summed E-state index contributed by atoms with van der Waals surface area (Å²) in [5.74, 6) is 1.35. The van der Waals surface area contributed by atoms with Crippen LogP contribution in [0.5, 0.6) is 11.5 Å². The Morgan fingerprint density at radius 3 is 2.82 bits per heavy atom. The highest BCUT2D eigenvalue weighted by Gasteiger charge is 2.24. The molecule has 2 aromatic heterocycles. The van der Waals surface area contributed by atoms with E-state index in [9.17, 15) is 15.4 Å². The first-order valence-corrected chi connectivity index (χ1v) is 12.3. The van der Waals surface area contributed by atoms with Crippen LogP contribution in [-0.4, -0.2) is 72.3 Å². The highest BCUT2D eigenvalue weighted by molar-refractivity contribution is 5.99. The second-order valence-electron chi connectivity index (χ2n) is 9.45. The predicted octanol–water partition coefficient (Wildman–Crippen LogP) is 4.02. The first-order chi connectivity index (χ1) is 18.8. The van der Waals surface area contributed by atoms with E-state index in [2.05, 4.69) is 25.9 Å². The van der Waals surface area contributed by atoms with Gasteiger partial charge in [-0.2, -0.15) is 5.26 Å². The standard InChI is InChI=1S/C27H28N8O4/c1-32(2)8-9-33(3)21-13-24(38-4)20(12-22(21)35(36)37)30-27-29-15-17(14-28)25(31-27)19-16-34-10-11-39-23-7-5-6-18(19)26(23)34/h5-7,12-13,15-16H,8-11H2,1-4H3,(H,29,30,31). The van der Waals surface area contributed by atoms with Gasteiger partial charge in [-0.1, -0.05) is 12.1 Å². The maximum Gasteiger partial charge on any atom is 0.294 e. The smallest absolute Gasteiger partial charge is 0.294 e. The number of likely N-dealkylation sites (N-methyl/N-ethyl adjacent to an activating group) is 2. The van der Waals surface area contributed by atoms with Crippen molar-refractivity contribution in [2.75, 3.05) is 58.2 Å². The third-order valence-electron chi connectivity index (χ3n) is 6.65. The van der Waals surface area contributed by atoms with Crippen molar-refractivity contribution < 1.29 is 14.4 Å². The second-order valence-corrected chi connectivity index (χ2v) is 9.45. The van der Waals surface area contributed by atoms with E-state index in [4.69, 9.17) is 9.47 Å². The van der Waals surface area contributed by atoms with Gasteiger partial charge >= 0.3 is 0 Å². The number of nitro groups is 1. The SMILES string of the molecule is COc1cc(N(C)CCN(C)C)c([N+](=O)[O-])cc1Nc1ncc(C#N)c(-c2cn3c4c(cccc24)OCC3)n1. The molecule has 2 aromatic carbocycles. The van der Waals surface area contributed by atoms with Crippen LogP contribution in [0.1, 0.15) is 5.56 Å². The van der Waals surface area contributed by atoms with Gasteiger partial charge in [0.1, 0.15) is 29.9 Å². The molecule has 0 aliphatic carbocycles. The Kier molecular flexibility index (Phi) is 6.91. The summed E-state index contributed by atoms with van der Waals surface area (Å²) in [6, 6.07) is 11.0. The molecule has 39 heavy (non-hydrogen) atoms. The van der Waals surface area contributed by atoms with Gasteiger partial charge in [0.2, 0.25) is 5.95 Å². The molecule has 12 nitrogen and oxygen atoms in total. The van der Waals surface area contributed by atoms with Crippen LogP contribution >= 0.6 is 0 Å². The Morgan fingerprint density at radius 1 is 1.28 bits per heavy atom. The van der Waals surface area contributed by atoms with Crippen molar-refractivity contribution >= 4 is 33.9 Å². The number of ether oxygens (including phenoxy) is 2. The Hall–Kier alpha value is -4.89. The lowest BCUT2D eigenvalue weighted by molar-refractivity contribution is -0.384. The number of aromatic nitrogens is 3. The Labute approximate surface area is 225 Å². The molecule has 0 saturated carbocycles. The topological polar surface area (TPSA) is 135 Å². The van der Waals surface area contributed by atoms with Crippen molar-refractivity contribution in [1.82, 2.24) is 19.4 Å². The number of rotatable bonds is 9. The summed E-state index contributed by atoms with van der Waals surface area (Å²) in [4.78, 5) is 24.4. The zero-order valence-corrected chi connectivity index (χ0v) is 22.1. The van der Waals surface area contributed by atoms with E-state index in [0.29, 0.717) is 48.1 Å². The van der Waals surface area contributed by atoms with E-state index in [1.807, 2.05) is 48.3 Å². The molecular formula is C27H28N8O4. The number of nitrogens with zero attached hydrogens (tertiary/aromatic N) is 7. The number of anilines is 3. The molecule has 1 aliphatic heterocycles. The Bertz CT molecular complexity index is 1610. The van der Waals surface area contributed by atoms with Crippen molar-refractivity contribution in [2.45, 2.75) is 6.54 Å². The van der Waals surface area contributed by atoms with E-state index in [1.165, 1.54) is 19.4 Å². The predicted molar refractivity (Wildman–Crippen MR) is 148 cm³/mol. The van der Waals surface area contributed by atoms with Gasteiger partial charge in [-0.25, -0.2) is 9.97 Å². The van der Waals surface area contributed by atoms with Crippen LogP contribution in [0.15, 0.2) is 42.7 Å². The number of hydrogen-bond donors (Lipinski definition) is 1. The molecule has 3 heterocycles. The van der Waals surface area contributed by atoms with Crippen LogP contribution in [-0.2, 0) is 6.54 Å². The zero-order valence-electron chi connectivity index (χ0n) is 22.1. The van der Waals surface area contributed by atoms with Crippen LogP contribution in [0.2, 0.25) is 0 Å². The lowest BCUT2D eigenvalue weighted by Crippen LogP contribution is -2.28. The fourth-order valence-corrected chi connectivity index (χ4v) is 4.66. The molecule has 0 fully saturated rings. The number of para-hydroxylation sites is 1. The maximum absolute atomic E-state index is 12.0. The summed E-state index contributed by atoms with van der Waals surface area (Å²) in [5.41, 5.74) is 3.16. The molecule has 200 valence electrons. The van der Waals surface area contributed by atoms with E-state index in [0.717, 1.165) is 28.8 Å². The summed E-state index contributed by atoms with van der Waals surface area (Å²) in [6.07, 6.45) is 3.41. The summed E-state index contributed by atoms with van der Waals surface area (Å²) in [7, 11) is 7.19. The molecular weight excluding hydrogens is 500 g/mol. The Morgan fingerprint density at radius 2 is 2.10 bits per heavy atom. The van der Waals surface area contributed by atoms with E-state index in [-0.39, 0.29) is 11.6 Å². The van der Waals surface area contributed by atoms with E-state index >= 15 is 0 Å². The van der Waals surface area contributed by atoms with Crippen molar-refractivity contribution in [3.05, 3.63) is 58.4 Å². The minimum atomic E-state index is -0.423. The van der Waals surface area contributed by atoms with Crippen LogP contribution in [0.4, 0.5) is 23.0 Å². The van der Waals surface area contributed by atoms with E-state index < -0.39 is 4.92 Å². The zero-order chi connectivity index (χ0) is 27.7. The highest BCUT2D eigenvalue weighted by atomic mass is 16.6. The molecule has 0 bridgehead atoms. The molecule has 1 N–H and O–H groups in total. The fourth-order valence-electron chi connectivity index (χ4n) is 4.66. The summed E-state index contributed by atoms with van der Waals surface area (Å²) >= 11 is 0. The molecule has 0 radical (unpaired) electrons. The molecule has 0 spiro atoms. The average Bonchev–Trinajstić information content (AvgIpc) is 3.31. The summed E-state index contributed by atoms with van der Waals surface area (Å²) < 4.78 is 13.5. The van der Waals surface area contributed by atoms with Crippen LogP contribution in [0.3, 0.4) is 0 Å². The van der Waals surface area contributed by atoms with Crippen LogP contribution in [0, 0.1) is 21.4 Å². The molecule has 0 atom stereocenters. The van der Waals surface area contributed by atoms with Gasteiger partial charge in [0, 0.05) is 49.4 Å². The van der Waals surface area contributed by atoms with Gasteiger partial charge < -0.3 is 29.2 Å². The lowest BCUT2D eigenvalue weighted by atomic mass is 10.1. The normalized spacial score (nSPS) is 12.2. The first-order valence-electron chi connectivity index (χ1n) is 12.3. The minimum absolute atomic E-state index is 0.0811. The fraction of sp³-hybridized carbons (Fsp3) is 0.296. The maximum atomic E-state index is 12.0. The van der Waals surface area contributed by atoms with Crippen LogP contribution < -0.4 is 19.7 Å². The van der Waals surface area contributed by atoms with Crippen molar-refractivity contribution in [3.63, 3.8) is 0 Å². The summed E-state index contributed by atoms with van der Waals surface area (Å²) in [6.45, 7) is 2.55. The number of hydrogen-bond acceptors (Lipinski definition) is 10. The summed E-state index contributed by atoms with van der Waals surface area (Å²) in [5, 5.41) is 25.8. The van der Waals surface area contributed by atoms with Gasteiger partial charge in [-0.05, 0) is 20.2 Å². The van der Waals surface area contributed by atoms with E-state index in [1.54, 1.807) is 13.1 Å². The van der Waals surface area contributed by atoms with Crippen LogP contribution in [0.25, 0.3) is 22.2 Å². The molecule has 4 aromatic rings. The van der Waals surface area contributed by atoms with Gasteiger partial charge in [-0.3, -0.25) is 10.1 Å². The third kappa shape index (κ3) is 4.87. The molecule has 5 rings (SSSR count). The number of nitrogens with one attached hydrogen (secondary N) is 1. The van der Waals surface area contributed by atoms with Gasteiger partial charge in [0.25, 0.3) is 5.69 Å². The second kappa shape index (κ2) is 10.5. The van der Waals surface area contributed by atoms with Crippen molar-refractivity contribution in [3.8, 4) is 28.8 Å². The number of nitro benzene ring substituents is 1. The molecule has 0 saturated heterocycles. The largest absolute Gasteiger partial charge is 0.494 e. The lowest BCUT2D eigenvalue weighted by Gasteiger charge is -2.22. The molecule has 1 aliphatic rings. The highest BCUT2D eigenvalue weighted by Crippen LogP contribution is 2.40. The molecule has 0 unspecified atom stereocenters. The third-order valence-corrected chi connectivity index (χ3v) is 6.65. The van der Waals surface area contributed by atoms with Gasteiger partial charge in [-0.15, -0.1) is 0 Å². The van der Waals surface area contributed by atoms with Crippen molar-refractivity contribution in [1.29, 1.82) is 5.26 Å². The number of methoxy groups -OCH3 is 1. The average molecular weight is 529 g/mol. The minimum Gasteiger partial charge on any atom is -0.494 e. The Balaban J connectivity index is 1.56. The number of benzene rings is 2. The number of nitriles is 1. The molecule has 0 amide bonds.